The van der Waals surface area contributed by atoms with Crippen molar-refractivity contribution in [2.24, 2.45) is 0 Å². The molecular formula is C18H30BNO3. The van der Waals surface area contributed by atoms with E-state index in [4.69, 9.17) is 14.0 Å². The molecule has 0 spiro atoms. The molecule has 1 aromatic rings. The largest absolute Gasteiger partial charge is 0.496 e. The van der Waals surface area contributed by atoms with Gasteiger partial charge >= 0.3 is 7.12 Å². The zero-order valence-corrected chi connectivity index (χ0v) is 16.0. The second-order valence-corrected chi connectivity index (χ2v) is 8.62. The van der Waals surface area contributed by atoms with Crippen LogP contribution in [0.3, 0.4) is 0 Å². The average molecular weight is 319 g/mol. The first-order valence-electron chi connectivity index (χ1n) is 8.37. The van der Waals surface area contributed by atoms with Gasteiger partial charge in [-0.25, -0.2) is 4.98 Å². The summed E-state index contributed by atoms with van der Waals surface area (Å²) in [4.78, 5) is 4.54. The van der Waals surface area contributed by atoms with Crippen molar-refractivity contribution < 1.29 is 14.0 Å². The van der Waals surface area contributed by atoms with E-state index in [2.05, 4.69) is 52.6 Å². The molecule has 0 N–H and O–H groups in total. The van der Waals surface area contributed by atoms with Crippen LogP contribution in [0.15, 0.2) is 12.3 Å². The molecule has 0 aromatic carbocycles. The van der Waals surface area contributed by atoms with Crippen LogP contribution in [0, 0.1) is 0 Å². The van der Waals surface area contributed by atoms with Gasteiger partial charge in [0.2, 0.25) is 5.88 Å². The summed E-state index contributed by atoms with van der Waals surface area (Å²) in [6, 6.07) is 2.10. The Morgan fingerprint density at radius 1 is 1.09 bits per heavy atom. The first-order valence-corrected chi connectivity index (χ1v) is 8.37. The van der Waals surface area contributed by atoms with Crippen LogP contribution in [-0.2, 0) is 9.31 Å². The smallest absolute Gasteiger partial charge is 0.472 e. The van der Waals surface area contributed by atoms with Gasteiger partial charge in [-0.15, -0.1) is 0 Å². The fourth-order valence-electron chi connectivity index (χ4n) is 2.38. The molecule has 0 atom stereocenters. The predicted octanol–water partition coefficient (Wildman–Crippen LogP) is 3.68. The van der Waals surface area contributed by atoms with E-state index in [1.165, 1.54) is 0 Å². The van der Waals surface area contributed by atoms with Gasteiger partial charge in [0.25, 0.3) is 0 Å². The Morgan fingerprint density at radius 3 is 2.04 bits per heavy atom. The molecule has 2 rings (SSSR count). The molecule has 1 aliphatic rings. The van der Waals surface area contributed by atoms with Gasteiger partial charge in [0.1, 0.15) is 5.60 Å². The molecule has 0 unspecified atom stereocenters. The molecule has 0 radical (unpaired) electrons. The van der Waals surface area contributed by atoms with E-state index in [9.17, 15) is 0 Å². The molecule has 4 nitrogen and oxygen atoms in total. The zero-order valence-electron chi connectivity index (χ0n) is 16.0. The van der Waals surface area contributed by atoms with Crippen molar-refractivity contribution in [3.05, 3.63) is 17.8 Å². The van der Waals surface area contributed by atoms with Gasteiger partial charge in [0.15, 0.2) is 0 Å². The van der Waals surface area contributed by atoms with Crippen molar-refractivity contribution in [2.75, 3.05) is 0 Å². The molecule has 1 fully saturated rings. The lowest BCUT2D eigenvalue weighted by atomic mass is 9.79. The quantitative estimate of drug-likeness (QED) is 0.797. The van der Waals surface area contributed by atoms with Crippen molar-refractivity contribution in [1.82, 2.24) is 4.98 Å². The van der Waals surface area contributed by atoms with Crippen molar-refractivity contribution >= 4 is 12.6 Å². The maximum Gasteiger partial charge on any atom is 0.496 e. The second kappa shape index (κ2) is 5.78. The third kappa shape index (κ3) is 3.89. The molecule has 1 saturated heterocycles. The number of aromatic nitrogens is 1. The standard InChI is InChI=1S/C18H30BNO3/c1-12(2)14-10-13(11-20-15(14)21-16(3,4)5)19-22-17(6,7)18(8,9)23-19/h10-12H,1-9H3. The fourth-order valence-corrected chi connectivity index (χ4v) is 2.38. The Labute approximate surface area is 141 Å². The highest BCUT2D eigenvalue weighted by Crippen LogP contribution is 2.37. The van der Waals surface area contributed by atoms with Crippen LogP contribution < -0.4 is 10.2 Å². The van der Waals surface area contributed by atoms with Crippen LogP contribution in [0.5, 0.6) is 5.88 Å². The number of pyridine rings is 1. The minimum absolute atomic E-state index is 0.275. The molecule has 5 heteroatoms. The lowest BCUT2D eigenvalue weighted by molar-refractivity contribution is 0.00578. The van der Waals surface area contributed by atoms with E-state index >= 15 is 0 Å². The molecule has 1 aliphatic heterocycles. The summed E-state index contributed by atoms with van der Waals surface area (Å²) in [6.45, 7) is 18.6. The number of rotatable bonds is 3. The summed E-state index contributed by atoms with van der Waals surface area (Å²) in [5, 5.41) is 0. The van der Waals surface area contributed by atoms with Gasteiger partial charge in [0, 0.05) is 17.2 Å². The molecule has 0 saturated carbocycles. The molecule has 1 aromatic heterocycles. The van der Waals surface area contributed by atoms with Crippen molar-refractivity contribution in [3.63, 3.8) is 0 Å². The van der Waals surface area contributed by atoms with E-state index < -0.39 is 7.12 Å². The van der Waals surface area contributed by atoms with Crippen LogP contribution in [0.2, 0.25) is 0 Å². The Kier molecular flexibility index (Phi) is 4.59. The van der Waals surface area contributed by atoms with E-state index in [0.717, 1.165) is 11.0 Å². The zero-order chi connectivity index (χ0) is 17.6. The van der Waals surface area contributed by atoms with E-state index in [1.54, 1.807) is 6.20 Å². The maximum absolute atomic E-state index is 6.12. The van der Waals surface area contributed by atoms with Crippen LogP contribution >= 0.6 is 0 Å². The SMILES string of the molecule is CC(C)c1cc(B2OC(C)(C)C(C)(C)O2)cnc1OC(C)(C)C. The van der Waals surface area contributed by atoms with Crippen molar-refractivity contribution in [3.8, 4) is 5.88 Å². The van der Waals surface area contributed by atoms with Gasteiger partial charge < -0.3 is 14.0 Å². The number of hydrogen-bond donors (Lipinski definition) is 0. The predicted molar refractivity (Wildman–Crippen MR) is 94.4 cm³/mol. The van der Waals surface area contributed by atoms with E-state index in [0.29, 0.717) is 11.8 Å². The Balaban J connectivity index is 2.34. The molecule has 0 aliphatic carbocycles. The van der Waals surface area contributed by atoms with Gasteiger partial charge in [0.05, 0.1) is 11.2 Å². The molecule has 0 bridgehead atoms. The van der Waals surface area contributed by atoms with Gasteiger partial charge in [-0.05, 0) is 54.4 Å². The topological polar surface area (TPSA) is 40.6 Å². The average Bonchev–Trinajstić information content (AvgIpc) is 2.56. The van der Waals surface area contributed by atoms with Crippen molar-refractivity contribution in [1.29, 1.82) is 0 Å². The molecular weight excluding hydrogens is 289 g/mol. The third-order valence-corrected chi connectivity index (χ3v) is 4.45. The third-order valence-electron chi connectivity index (χ3n) is 4.45. The number of hydrogen-bond acceptors (Lipinski definition) is 4. The number of nitrogens with zero attached hydrogens (tertiary/aromatic N) is 1. The molecule has 128 valence electrons. The van der Waals surface area contributed by atoms with Crippen LogP contribution in [-0.4, -0.2) is 28.9 Å². The summed E-state index contributed by atoms with van der Waals surface area (Å²) < 4.78 is 18.2. The number of ether oxygens (including phenoxy) is 1. The highest BCUT2D eigenvalue weighted by Gasteiger charge is 2.52. The van der Waals surface area contributed by atoms with E-state index in [1.807, 2.05) is 20.8 Å². The van der Waals surface area contributed by atoms with Crippen LogP contribution in [0.25, 0.3) is 0 Å². The minimum atomic E-state index is -0.395. The highest BCUT2D eigenvalue weighted by molar-refractivity contribution is 6.62. The Bertz CT molecular complexity index is 560. The molecule has 2 heterocycles. The summed E-state index contributed by atoms with van der Waals surface area (Å²) >= 11 is 0. The first kappa shape index (κ1) is 18.3. The maximum atomic E-state index is 6.12. The Morgan fingerprint density at radius 2 is 1.61 bits per heavy atom. The fraction of sp³-hybridized carbons (Fsp3) is 0.722. The lowest BCUT2D eigenvalue weighted by Gasteiger charge is -2.32. The summed E-state index contributed by atoms with van der Waals surface area (Å²) in [5.41, 5.74) is 1.04. The summed E-state index contributed by atoms with van der Waals surface area (Å²) in [7, 11) is -0.395. The Hall–Kier alpha value is -1.07. The highest BCUT2D eigenvalue weighted by atomic mass is 16.7. The van der Waals surface area contributed by atoms with Crippen LogP contribution in [0.4, 0.5) is 0 Å². The van der Waals surface area contributed by atoms with E-state index in [-0.39, 0.29) is 16.8 Å². The minimum Gasteiger partial charge on any atom is -0.472 e. The van der Waals surface area contributed by atoms with Gasteiger partial charge in [-0.1, -0.05) is 19.9 Å². The lowest BCUT2D eigenvalue weighted by Crippen LogP contribution is -2.41. The summed E-state index contributed by atoms with van der Waals surface area (Å²) in [6.07, 6.45) is 1.80. The van der Waals surface area contributed by atoms with Crippen LogP contribution in [0.1, 0.15) is 73.8 Å². The van der Waals surface area contributed by atoms with Gasteiger partial charge in [-0.2, -0.15) is 0 Å². The van der Waals surface area contributed by atoms with Gasteiger partial charge in [-0.3, -0.25) is 0 Å². The monoisotopic (exact) mass is 319 g/mol. The molecule has 23 heavy (non-hydrogen) atoms. The normalized spacial score (nSPS) is 20.2. The first-order chi connectivity index (χ1) is 10.3. The second-order valence-electron chi connectivity index (χ2n) is 8.62. The van der Waals surface area contributed by atoms with Crippen molar-refractivity contribution in [2.45, 2.75) is 85.0 Å². The molecule has 0 amide bonds. The summed E-state index contributed by atoms with van der Waals surface area (Å²) in [5.74, 6) is 0.995.